The summed E-state index contributed by atoms with van der Waals surface area (Å²) in [5.41, 5.74) is 1.28. The smallest absolute Gasteiger partial charge is 0.242 e. The van der Waals surface area contributed by atoms with Crippen LogP contribution < -0.4 is 15.0 Å². The number of hydrogen-bond acceptors (Lipinski definition) is 8. The average molecular weight is 484 g/mol. The second kappa shape index (κ2) is 9.03. The first kappa shape index (κ1) is 22.1. The Kier molecular flexibility index (Phi) is 5.71. The number of nitrogens with one attached hydrogen (secondary N) is 1. The molecule has 0 radical (unpaired) electrons. The number of aromatic nitrogens is 5. The lowest BCUT2D eigenvalue weighted by atomic mass is 9.92. The predicted octanol–water partition coefficient (Wildman–Crippen LogP) is 3.19. The maximum absolute atomic E-state index is 14.6. The van der Waals surface area contributed by atoms with E-state index in [1.807, 2.05) is 6.07 Å². The fourth-order valence-electron chi connectivity index (χ4n) is 5.64. The second-order valence-corrected chi connectivity index (χ2v) is 9.42. The molecule has 4 heterocycles. The van der Waals surface area contributed by atoms with Crippen LogP contribution in [-0.4, -0.2) is 57.8 Å². The molecule has 3 aliphatic rings. The highest BCUT2D eigenvalue weighted by Gasteiger charge is 2.43. The zero-order valence-corrected chi connectivity index (χ0v) is 19.4. The van der Waals surface area contributed by atoms with E-state index >= 15 is 0 Å². The van der Waals surface area contributed by atoms with Crippen molar-refractivity contribution in [3.05, 3.63) is 53.5 Å². The molecule has 1 saturated carbocycles. The van der Waals surface area contributed by atoms with Crippen molar-refractivity contribution in [1.29, 1.82) is 0 Å². The maximum Gasteiger partial charge on any atom is 0.242 e. The molecule has 3 aromatic rings. The molecule has 1 N–H and O–H groups in total. The van der Waals surface area contributed by atoms with Crippen molar-refractivity contribution in [2.75, 3.05) is 37.0 Å². The Morgan fingerprint density at radius 1 is 1.14 bits per heavy atom. The molecule has 1 saturated heterocycles. The van der Waals surface area contributed by atoms with Crippen LogP contribution in [0.5, 0.6) is 5.88 Å². The van der Waals surface area contributed by atoms with Crippen LogP contribution in [-0.2, 0) is 11.3 Å². The SMILES string of the molecule is COc1cc(N2C[C@H]3CC[C@@H](C2)C3Nc2nc3n(n2)CCCO[C@@H]3c2ccc(F)cc2F)cnn1. The maximum atomic E-state index is 14.6. The number of nitrogens with zero attached hydrogens (tertiary/aromatic N) is 6. The minimum atomic E-state index is -0.728. The van der Waals surface area contributed by atoms with Crippen LogP contribution in [0.1, 0.15) is 36.8 Å². The van der Waals surface area contributed by atoms with Gasteiger partial charge in [0.25, 0.3) is 0 Å². The van der Waals surface area contributed by atoms with Gasteiger partial charge < -0.3 is 19.7 Å². The van der Waals surface area contributed by atoms with Crippen molar-refractivity contribution in [2.24, 2.45) is 11.8 Å². The second-order valence-electron chi connectivity index (χ2n) is 9.42. The van der Waals surface area contributed by atoms with E-state index < -0.39 is 17.7 Å². The Balaban J connectivity index is 1.21. The van der Waals surface area contributed by atoms with E-state index in [0.717, 1.165) is 44.1 Å². The first-order chi connectivity index (χ1) is 17.1. The minimum Gasteiger partial charge on any atom is -0.480 e. The Morgan fingerprint density at radius 3 is 2.74 bits per heavy atom. The number of aryl methyl sites for hydroxylation is 1. The summed E-state index contributed by atoms with van der Waals surface area (Å²) in [6.45, 7) is 2.87. The molecule has 2 aliphatic heterocycles. The van der Waals surface area contributed by atoms with Gasteiger partial charge in [-0.1, -0.05) is 6.07 Å². The third kappa shape index (κ3) is 4.18. The van der Waals surface area contributed by atoms with Gasteiger partial charge in [-0.15, -0.1) is 10.2 Å². The molecule has 2 aromatic heterocycles. The Morgan fingerprint density at radius 2 is 1.97 bits per heavy atom. The highest BCUT2D eigenvalue weighted by Crippen LogP contribution is 2.40. The molecule has 6 rings (SSSR count). The summed E-state index contributed by atoms with van der Waals surface area (Å²) < 4.78 is 41.0. The molecule has 2 fully saturated rings. The fraction of sp³-hybridized carbons (Fsp3) is 0.500. The number of methoxy groups -OCH3 is 1. The van der Waals surface area contributed by atoms with E-state index in [1.54, 1.807) is 18.0 Å². The van der Waals surface area contributed by atoms with Gasteiger partial charge >= 0.3 is 0 Å². The van der Waals surface area contributed by atoms with Crippen molar-refractivity contribution in [1.82, 2.24) is 25.0 Å². The number of ether oxygens (including phenoxy) is 2. The van der Waals surface area contributed by atoms with Gasteiger partial charge in [0.05, 0.1) is 19.0 Å². The van der Waals surface area contributed by atoms with Gasteiger partial charge in [0.1, 0.15) is 17.7 Å². The van der Waals surface area contributed by atoms with Crippen LogP contribution in [0, 0.1) is 23.5 Å². The summed E-state index contributed by atoms with van der Waals surface area (Å²) in [7, 11) is 1.59. The van der Waals surface area contributed by atoms with Gasteiger partial charge in [0.2, 0.25) is 11.8 Å². The first-order valence-corrected chi connectivity index (χ1v) is 12.0. The molecule has 184 valence electrons. The van der Waals surface area contributed by atoms with Crippen LogP contribution in [0.15, 0.2) is 30.5 Å². The number of anilines is 2. The normalized spacial score (nSPS) is 25.7. The number of halogens is 2. The summed E-state index contributed by atoms with van der Waals surface area (Å²) in [5.74, 6) is 1.17. The number of hydrogen-bond donors (Lipinski definition) is 1. The molecule has 1 aromatic carbocycles. The summed E-state index contributed by atoms with van der Waals surface area (Å²) in [4.78, 5) is 7.07. The molecule has 0 amide bonds. The minimum absolute atomic E-state index is 0.247. The summed E-state index contributed by atoms with van der Waals surface area (Å²) in [6, 6.07) is 5.71. The van der Waals surface area contributed by atoms with Gasteiger partial charge in [0, 0.05) is 50.0 Å². The van der Waals surface area contributed by atoms with E-state index in [0.29, 0.717) is 42.6 Å². The van der Waals surface area contributed by atoms with Gasteiger partial charge in [-0.25, -0.2) is 13.5 Å². The molecule has 11 heteroatoms. The van der Waals surface area contributed by atoms with Crippen LogP contribution >= 0.6 is 0 Å². The number of benzene rings is 1. The van der Waals surface area contributed by atoms with Gasteiger partial charge in [-0.2, -0.15) is 10.1 Å². The highest BCUT2D eigenvalue weighted by atomic mass is 19.1. The molecule has 35 heavy (non-hydrogen) atoms. The van der Waals surface area contributed by atoms with Crippen molar-refractivity contribution >= 4 is 11.6 Å². The largest absolute Gasteiger partial charge is 0.480 e. The van der Waals surface area contributed by atoms with E-state index in [9.17, 15) is 8.78 Å². The van der Waals surface area contributed by atoms with Crippen LogP contribution in [0.2, 0.25) is 0 Å². The topological polar surface area (TPSA) is 90.2 Å². The highest BCUT2D eigenvalue weighted by molar-refractivity contribution is 5.48. The van der Waals surface area contributed by atoms with Crippen molar-refractivity contribution in [3.63, 3.8) is 0 Å². The molecular formula is C24H27F2N7O2. The molecule has 4 atom stereocenters. The number of fused-ring (bicyclic) bond motifs is 3. The Labute approximate surface area is 201 Å². The zero-order chi connectivity index (χ0) is 23.9. The average Bonchev–Trinajstić information content (AvgIpc) is 3.27. The van der Waals surface area contributed by atoms with Crippen LogP contribution in [0.25, 0.3) is 0 Å². The monoisotopic (exact) mass is 483 g/mol. The van der Waals surface area contributed by atoms with Crippen molar-refractivity contribution in [3.8, 4) is 5.88 Å². The third-order valence-corrected chi connectivity index (χ3v) is 7.30. The molecule has 1 aliphatic carbocycles. The molecule has 1 unspecified atom stereocenters. The molecule has 0 spiro atoms. The quantitative estimate of drug-likeness (QED) is 0.592. The first-order valence-electron chi connectivity index (χ1n) is 12.0. The molecule has 2 bridgehead atoms. The summed E-state index contributed by atoms with van der Waals surface area (Å²) >= 11 is 0. The predicted molar refractivity (Wildman–Crippen MR) is 123 cm³/mol. The van der Waals surface area contributed by atoms with E-state index in [2.05, 4.69) is 20.4 Å². The molecule has 9 nitrogen and oxygen atoms in total. The standard InChI is InChI=1S/C24H27F2N7O2/c1-34-20-10-17(11-27-30-20)32-12-14-3-4-15(13-32)21(14)28-24-29-23-22(35-8-2-7-33(23)31-24)18-6-5-16(25)9-19(18)26/h5-6,9-11,14-15,21-22H,2-4,7-8,12-13H2,1H3,(H,28,31)/t14-,15+,21?,22-/m1/s1. The van der Waals surface area contributed by atoms with Gasteiger partial charge in [0.15, 0.2) is 5.82 Å². The zero-order valence-electron chi connectivity index (χ0n) is 19.4. The lowest BCUT2D eigenvalue weighted by Gasteiger charge is -2.39. The Hall–Kier alpha value is -3.34. The summed E-state index contributed by atoms with van der Waals surface area (Å²) in [5, 5.41) is 16.3. The van der Waals surface area contributed by atoms with Gasteiger partial charge in [-0.05, 0) is 37.2 Å². The number of rotatable bonds is 5. The molecular weight excluding hydrogens is 456 g/mol. The van der Waals surface area contributed by atoms with Crippen molar-refractivity contribution < 1.29 is 18.3 Å². The Bertz CT molecular complexity index is 1210. The van der Waals surface area contributed by atoms with E-state index in [4.69, 9.17) is 19.6 Å². The van der Waals surface area contributed by atoms with E-state index in [1.165, 1.54) is 12.1 Å². The fourth-order valence-corrected chi connectivity index (χ4v) is 5.64. The lowest BCUT2D eigenvalue weighted by Crippen LogP contribution is -2.48. The van der Waals surface area contributed by atoms with E-state index in [-0.39, 0.29) is 11.6 Å². The lowest BCUT2D eigenvalue weighted by molar-refractivity contribution is 0.0787. The number of piperidine rings is 1. The third-order valence-electron chi connectivity index (χ3n) is 7.30. The van der Waals surface area contributed by atoms with Crippen molar-refractivity contribution in [2.45, 2.75) is 38.0 Å². The summed E-state index contributed by atoms with van der Waals surface area (Å²) in [6.07, 6.45) is 4.03. The van der Waals surface area contributed by atoms with Crippen LogP contribution in [0.4, 0.5) is 20.4 Å². The van der Waals surface area contributed by atoms with Crippen LogP contribution in [0.3, 0.4) is 0 Å². The van der Waals surface area contributed by atoms with Gasteiger partial charge in [-0.3, -0.25) is 0 Å².